The standard InChI is InChI=1S/C87H92BN3/c1-79(2,3)45-25-29-51-52-30-26-46(80(4,5)6)38-59(52)87(58(51)37-45)57-33-34-65-73-76(57)91-74-55(35-49(39-62(74)87)83(13,14)15)56-36-50(84(16,17)18)40-63(75(56)91)88(73)64-44-68-72(70-54-32-28-48(82(10,11)12)42-67(54)89(65)77(64)70)71-61(86(22,23)24)43-60(85(19,20)21)69-53-31-27-47(81(7,8)9)41-66(53)90(68)78(69)71/h25-44H,1-24H3. The highest BCUT2D eigenvalue weighted by Crippen LogP contribution is 2.64. The molecule has 1 aliphatic carbocycles. The molecule has 0 saturated heterocycles. The van der Waals surface area contributed by atoms with Crippen LogP contribution in [0.2, 0.25) is 0 Å². The summed E-state index contributed by atoms with van der Waals surface area (Å²) in [6, 6.07) is 51.6. The second-order valence-corrected chi connectivity index (χ2v) is 37.1. The van der Waals surface area contributed by atoms with Crippen molar-refractivity contribution in [3.8, 4) is 22.5 Å². The van der Waals surface area contributed by atoms with E-state index < -0.39 is 5.41 Å². The lowest BCUT2D eigenvalue weighted by Crippen LogP contribution is -2.60. The summed E-state index contributed by atoms with van der Waals surface area (Å²) in [4.78, 5) is 0. The molecule has 0 amide bonds. The van der Waals surface area contributed by atoms with Crippen LogP contribution in [0.1, 0.15) is 233 Å². The van der Waals surface area contributed by atoms with Gasteiger partial charge in [-0.1, -0.05) is 251 Å². The van der Waals surface area contributed by atoms with E-state index in [1.165, 1.54) is 187 Å². The van der Waals surface area contributed by atoms with Gasteiger partial charge < -0.3 is 13.5 Å². The molecule has 458 valence electrons. The minimum Gasteiger partial charge on any atom is -0.310 e. The van der Waals surface area contributed by atoms with Gasteiger partial charge in [-0.2, -0.15) is 0 Å². The van der Waals surface area contributed by atoms with Gasteiger partial charge in [0.1, 0.15) is 0 Å². The zero-order valence-corrected chi connectivity index (χ0v) is 59.0. The van der Waals surface area contributed by atoms with Crippen LogP contribution in [-0.2, 0) is 48.7 Å². The largest absolute Gasteiger partial charge is 0.310 e. The molecular formula is C87H92BN3. The lowest BCUT2D eigenvalue weighted by Gasteiger charge is -2.45. The zero-order valence-electron chi connectivity index (χ0n) is 59.0. The molecule has 0 fully saturated rings. The van der Waals surface area contributed by atoms with Crippen molar-refractivity contribution in [3.63, 3.8) is 0 Å². The van der Waals surface area contributed by atoms with Crippen molar-refractivity contribution in [3.05, 3.63) is 188 Å². The number of nitrogens with zero attached hydrogens (tertiary/aromatic N) is 3. The van der Waals surface area contributed by atoms with E-state index in [-0.39, 0.29) is 50.0 Å². The molecule has 0 radical (unpaired) electrons. The highest BCUT2D eigenvalue weighted by atomic mass is 15.1. The van der Waals surface area contributed by atoms with E-state index in [4.69, 9.17) is 0 Å². The fourth-order valence-corrected chi connectivity index (χ4v) is 17.9. The monoisotopic (exact) mass is 1190 g/mol. The fraction of sp³-hybridized carbons (Fsp3) is 0.379. The van der Waals surface area contributed by atoms with Crippen molar-refractivity contribution in [2.75, 3.05) is 0 Å². The summed E-state index contributed by atoms with van der Waals surface area (Å²) < 4.78 is 8.44. The molecule has 7 heterocycles. The molecule has 4 heteroatoms. The molecule has 91 heavy (non-hydrogen) atoms. The van der Waals surface area contributed by atoms with Gasteiger partial charge in [-0.15, -0.1) is 0 Å². The SMILES string of the molecule is CC(C)(C)c1ccc2c(c1)C1(c3cc(C(C)(C)C)ccc3-2)c2ccc3c4c2-n2c5c(cc(C(C)(C)C)cc5c5cc(C(C)(C)C)cc1c52)B4c1cc2c(c4c(C(C)(C)C)cc(C(C)(C)C)c5c6ccc(C(C)(C)C)cc6n2c54)c2c4ccc(C(C)(C)C)cc4n-3c12. The summed E-state index contributed by atoms with van der Waals surface area (Å²) in [5, 5.41) is 11.0. The average Bonchev–Trinajstić information content (AvgIpc) is 1.53. The first-order valence-corrected chi connectivity index (χ1v) is 34.2. The van der Waals surface area contributed by atoms with Gasteiger partial charge in [0.25, 0.3) is 6.71 Å². The lowest BCUT2D eigenvalue weighted by molar-refractivity contribution is 0.576. The molecule has 0 unspecified atom stereocenters. The Bertz CT molecular complexity index is 5460. The number of hydrogen-bond acceptors (Lipinski definition) is 0. The maximum atomic E-state index is 2.85. The smallest absolute Gasteiger partial charge is 0.252 e. The number of fused-ring (bicyclic) bond motifs is 21. The van der Waals surface area contributed by atoms with Crippen molar-refractivity contribution in [2.45, 2.75) is 215 Å². The van der Waals surface area contributed by atoms with Gasteiger partial charge in [0.05, 0.1) is 38.5 Å². The Morgan fingerprint density at radius 1 is 0.297 bits per heavy atom. The third-order valence-electron chi connectivity index (χ3n) is 22.9. The van der Waals surface area contributed by atoms with Crippen LogP contribution in [0.5, 0.6) is 0 Å². The lowest BCUT2D eigenvalue weighted by atomic mass is 9.33. The summed E-state index contributed by atoms with van der Waals surface area (Å²) >= 11 is 0. The zero-order chi connectivity index (χ0) is 64.6. The number of hydrogen-bond donors (Lipinski definition) is 0. The molecule has 0 atom stereocenters. The van der Waals surface area contributed by atoms with E-state index in [2.05, 4.69) is 301 Å². The first-order chi connectivity index (χ1) is 42.2. The molecule has 0 N–H and O–H groups in total. The minimum atomic E-state index is -0.655. The topological polar surface area (TPSA) is 14.3 Å². The van der Waals surface area contributed by atoms with Gasteiger partial charge in [-0.05, 0) is 174 Å². The van der Waals surface area contributed by atoms with Crippen molar-refractivity contribution < 1.29 is 0 Å². The van der Waals surface area contributed by atoms with Gasteiger partial charge in [0.2, 0.25) is 0 Å². The molecule has 3 nitrogen and oxygen atoms in total. The van der Waals surface area contributed by atoms with Crippen LogP contribution in [0.3, 0.4) is 0 Å². The highest BCUT2D eigenvalue weighted by molar-refractivity contribution is 7.00. The van der Waals surface area contributed by atoms with Crippen LogP contribution in [0.4, 0.5) is 0 Å². The van der Waals surface area contributed by atoms with Crippen LogP contribution >= 0.6 is 0 Å². The minimum absolute atomic E-state index is 0.0482. The molecule has 4 aromatic heterocycles. The highest BCUT2D eigenvalue weighted by Gasteiger charge is 2.56. The van der Waals surface area contributed by atoms with Crippen LogP contribution < -0.4 is 16.4 Å². The number of benzene rings is 9. The van der Waals surface area contributed by atoms with Crippen molar-refractivity contribution in [1.82, 2.24) is 13.5 Å². The molecule has 1 spiro atoms. The first kappa shape index (κ1) is 57.4. The summed E-state index contributed by atoms with van der Waals surface area (Å²) in [5.74, 6) is 0. The van der Waals surface area contributed by atoms with Crippen LogP contribution in [-0.4, -0.2) is 20.2 Å². The second kappa shape index (κ2) is 16.8. The molecule has 3 aliphatic heterocycles. The van der Waals surface area contributed by atoms with Gasteiger partial charge in [0, 0.05) is 60.0 Å². The van der Waals surface area contributed by atoms with Gasteiger partial charge in [0.15, 0.2) is 0 Å². The molecular weight excluding hydrogens is 1100 g/mol. The van der Waals surface area contributed by atoms with Crippen molar-refractivity contribution in [2.24, 2.45) is 0 Å². The van der Waals surface area contributed by atoms with E-state index >= 15 is 0 Å². The van der Waals surface area contributed by atoms with Crippen LogP contribution in [0, 0.1) is 0 Å². The summed E-state index contributed by atoms with van der Waals surface area (Å²) in [7, 11) is 0. The molecule has 0 bridgehead atoms. The predicted molar refractivity (Wildman–Crippen MR) is 395 cm³/mol. The third kappa shape index (κ3) is 7.14. The summed E-state index contributed by atoms with van der Waals surface area (Å²) in [6.07, 6.45) is 0. The fourth-order valence-electron chi connectivity index (χ4n) is 17.9. The maximum absolute atomic E-state index is 2.85. The molecule has 0 saturated carbocycles. The van der Waals surface area contributed by atoms with E-state index in [1.54, 1.807) is 0 Å². The van der Waals surface area contributed by atoms with Gasteiger partial charge in [-0.25, -0.2) is 0 Å². The Morgan fingerprint density at radius 3 is 1.30 bits per heavy atom. The average molecular weight is 1190 g/mol. The normalized spacial score (nSPS) is 15.5. The molecule has 13 aromatic rings. The summed E-state index contributed by atoms with van der Waals surface area (Å²) in [5.41, 5.74) is 34.3. The van der Waals surface area contributed by atoms with E-state index in [9.17, 15) is 0 Å². The number of rotatable bonds is 0. The van der Waals surface area contributed by atoms with Crippen LogP contribution in [0.15, 0.2) is 121 Å². The summed E-state index contributed by atoms with van der Waals surface area (Å²) in [6.45, 7) is 57.9. The Hall–Kier alpha value is -7.56. The van der Waals surface area contributed by atoms with E-state index in [0.717, 1.165) is 0 Å². The maximum Gasteiger partial charge on any atom is 0.252 e. The third-order valence-corrected chi connectivity index (χ3v) is 22.9. The second-order valence-electron chi connectivity index (χ2n) is 37.1. The first-order valence-electron chi connectivity index (χ1n) is 34.2. The Kier molecular flexibility index (Phi) is 10.6. The predicted octanol–water partition coefficient (Wildman–Crippen LogP) is 21.2. The Labute approximate surface area is 540 Å². The van der Waals surface area contributed by atoms with Gasteiger partial charge >= 0.3 is 0 Å². The number of aromatic nitrogens is 3. The van der Waals surface area contributed by atoms with E-state index in [0.29, 0.717) is 0 Å². The Morgan fingerprint density at radius 2 is 0.758 bits per heavy atom. The molecule has 17 rings (SSSR count). The molecule has 9 aromatic carbocycles. The van der Waals surface area contributed by atoms with Gasteiger partial charge in [-0.3, -0.25) is 0 Å². The molecule has 4 aliphatic rings. The van der Waals surface area contributed by atoms with E-state index in [1.807, 2.05) is 0 Å². The quantitative estimate of drug-likeness (QED) is 0.134. The van der Waals surface area contributed by atoms with Crippen molar-refractivity contribution in [1.29, 1.82) is 0 Å². The Balaban J connectivity index is 1.16. The van der Waals surface area contributed by atoms with Crippen molar-refractivity contribution >= 4 is 105 Å². The van der Waals surface area contributed by atoms with Crippen LogP contribution in [0.25, 0.3) is 104 Å².